The zero-order valence-corrected chi connectivity index (χ0v) is 16.7. The minimum absolute atomic E-state index is 0.00951. The predicted octanol–water partition coefficient (Wildman–Crippen LogP) is 0.853. The Morgan fingerprint density at radius 3 is 2.07 bits per heavy atom. The number of rotatable bonds is 19. The molecule has 0 saturated carbocycles. The lowest BCUT2D eigenvalue weighted by atomic mass is 9.83. The van der Waals surface area contributed by atoms with Crippen LogP contribution in [0.1, 0.15) is 32.1 Å². The molecule has 0 aromatic rings. The minimum atomic E-state index is -0.790. The fourth-order valence-electron chi connectivity index (χ4n) is 2.80. The summed E-state index contributed by atoms with van der Waals surface area (Å²) in [6.07, 6.45) is 3.39. The number of carbonyl (C=O) groups is 1. The van der Waals surface area contributed by atoms with Gasteiger partial charge >= 0.3 is 5.97 Å². The highest BCUT2D eigenvalue weighted by molar-refractivity contribution is 5.75. The van der Waals surface area contributed by atoms with E-state index in [1.165, 1.54) is 0 Å². The van der Waals surface area contributed by atoms with Crippen molar-refractivity contribution in [3.8, 4) is 0 Å². The molecule has 0 saturated heterocycles. The first-order chi connectivity index (χ1) is 13.0. The summed E-state index contributed by atoms with van der Waals surface area (Å²) in [5.74, 6) is -1.21. The molecular formula is C18H37N3O6. The van der Waals surface area contributed by atoms with E-state index in [2.05, 4.69) is 4.99 Å². The molecule has 0 aromatic carbocycles. The standard InChI is InChI=1S/C18H37N3O6/c1-24-11-13-26-9-4-5-15(7-10-27-14-12-25-2)16(17(22)23)6-3-8-21-18(19)20/h15-16H,3-14H2,1-2H3,(H,22,23)(H4,19,20,21). The van der Waals surface area contributed by atoms with Crippen molar-refractivity contribution < 1.29 is 28.8 Å². The van der Waals surface area contributed by atoms with E-state index >= 15 is 0 Å². The Morgan fingerprint density at radius 1 is 0.889 bits per heavy atom. The zero-order chi connectivity index (χ0) is 20.3. The van der Waals surface area contributed by atoms with E-state index in [0.717, 1.165) is 12.8 Å². The average molecular weight is 392 g/mol. The molecule has 0 rings (SSSR count). The normalized spacial score (nSPS) is 13.3. The first kappa shape index (κ1) is 25.6. The largest absolute Gasteiger partial charge is 0.481 e. The maximum atomic E-state index is 11.8. The Balaban J connectivity index is 4.51. The molecule has 0 aromatic heterocycles. The van der Waals surface area contributed by atoms with Crippen molar-refractivity contribution in [1.29, 1.82) is 0 Å². The van der Waals surface area contributed by atoms with Crippen LogP contribution in [0.25, 0.3) is 0 Å². The smallest absolute Gasteiger partial charge is 0.306 e. The number of carboxylic acids is 1. The second-order valence-corrected chi connectivity index (χ2v) is 6.29. The first-order valence-corrected chi connectivity index (χ1v) is 9.44. The molecule has 0 bridgehead atoms. The number of carboxylic acid groups (broad SMARTS) is 1. The van der Waals surface area contributed by atoms with Crippen molar-refractivity contribution in [3.05, 3.63) is 0 Å². The molecule has 2 unspecified atom stereocenters. The quantitative estimate of drug-likeness (QED) is 0.167. The van der Waals surface area contributed by atoms with Gasteiger partial charge in [-0.15, -0.1) is 0 Å². The number of nitrogens with two attached hydrogens (primary N) is 2. The highest BCUT2D eigenvalue weighted by atomic mass is 16.5. The molecule has 9 heteroatoms. The van der Waals surface area contributed by atoms with Gasteiger partial charge in [-0.1, -0.05) is 0 Å². The van der Waals surface area contributed by atoms with Gasteiger partial charge in [-0.25, -0.2) is 0 Å². The van der Waals surface area contributed by atoms with Gasteiger partial charge < -0.3 is 35.5 Å². The van der Waals surface area contributed by atoms with Gasteiger partial charge in [0, 0.05) is 34.0 Å². The van der Waals surface area contributed by atoms with Gasteiger partial charge in [0.15, 0.2) is 5.96 Å². The van der Waals surface area contributed by atoms with Gasteiger partial charge in [-0.05, 0) is 38.0 Å². The van der Waals surface area contributed by atoms with Gasteiger partial charge in [-0.3, -0.25) is 9.79 Å². The van der Waals surface area contributed by atoms with Gasteiger partial charge in [-0.2, -0.15) is 0 Å². The van der Waals surface area contributed by atoms with Crippen molar-refractivity contribution in [2.75, 3.05) is 60.4 Å². The fourth-order valence-corrected chi connectivity index (χ4v) is 2.80. The van der Waals surface area contributed by atoms with Crippen molar-refractivity contribution in [1.82, 2.24) is 0 Å². The second-order valence-electron chi connectivity index (χ2n) is 6.29. The highest BCUT2D eigenvalue weighted by Crippen LogP contribution is 2.26. The lowest BCUT2D eigenvalue weighted by Gasteiger charge is -2.24. The molecule has 5 N–H and O–H groups in total. The number of aliphatic imine (C=N–C) groups is 1. The Bertz CT molecular complexity index is 391. The lowest BCUT2D eigenvalue weighted by Crippen LogP contribution is -2.26. The predicted molar refractivity (Wildman–Crippen MR) is 104 cm³/mol. The number of nitrogens with zero attached hydrogens (tertiary/aromatic N) is 1. The third-order valence-corrected chi connectivity index (χ3v) is 4.21. The van der Waals surface area contributed by atoms with Crippen LogP contribution in [0.2, 0.25) is 0 Å². The maximum absolute atomic E-state index is 11.8. The van der Waals surface area contributed by atoms with E-state index < -0.39 is 11.9 Å². The van der Waals surface area contributed by atoms with Crippen LogP contribution in [0.5, 0.6) is 0 Å². The van der Waals surface area contributed by atoms with Gasteiger partial charge in [0.1, 0.15) is 0 Å². The van der Waals surface area contributed by atoms with E-state index in [-0.39, 0.29) is 11.9 Å². The topological polar surface area (TPSA) is 139 Å². The van der Waals surface area contributed by atoms with Gasteiger partial charge in [0.25, 0.3) is 0 Å². The number of guanidine groups is 1. The number of methoxy groups -OCH3 is 2. The van der Waals surface area contributed by atoms with Crippen molar-refractivity contribution in [2.24, 2.45) is 28.3 Å². The summed E-state index contributed by atoms with van der Waals surface area (Å²) in [6.45, 7) is 3.66. The van der Waals surface area contributed by atoms with Crippen molar-refractivity contribution in [2.45, 2.75) is 32.1 Å². The summed E-state index contributed by atoms with van der Waals surface area (Å²) in [5.41, 5.74) is 10.6. The number of hydrogen-bond acceptors (Lipinski definition) is 6. The second kappa shape index (κ2) is 18.0. The third-order valence-electron chi connectivity index (χ3n) is 4.21. The summed E-state index contributed by atoms with van der Waals surface area (Å²) in [5, 5.41) is 9.67. The molecule has 27 heavy (non-hydrogen) atoms. The Kier molecular flexibility index (Phi) is 17.0. The number of hydrogen-bond donors (Lipinski definition) is 3. The van der Waals surface area contributed by atoms with E-state index in [9.17, 15) is 9.90 Å². The van der Waals surface area contributed by atoms with Crippen LogP contribution in [0.3, 0.4) is 0 Å². The van der Waals surface area contributed by atoms with Crippen LogP contribution in [0.4, 0.5) is 0 Å². The van der Waals surface area contributed by atoms with E-state index in [0.29, 0.717) is 65.4 Å². The molecule has 9 nitrogen and oxygen atoms in total. The van der Waals surface area contributed by atoms with Crippen LogP contribution >= 0.6 is 0 Å². The maximum Gasteiger partial charge on any atom is 0.306 e. The van der Waals surface area contributed by atoms with E-state index in [4.69, 9.17) is 30.4 Å². The monoisotopic (exact) mass is 391 g/mol. The van der Waals surface area contributed by atoms with Crippen LogP contribution < -0.4 is 11.5 Å². The molecule has 160 valence electrons. The summed E-state index contributed by atoms with van der Waals surface area (Å²) >= 11 is 0. The highest BCUT2D eigenvalue weighted by Gasteiger charge is 2.27. The van der Waals surface area contributed by atoms with Crippen molar-refractivity contribution >= 4 is 11.9 Å². The molecule has 0 spiro atoms. The summed E-state index contributed by atoms with van der Waals surface area (Å²) in [4.78, 5) is 15.7. The number of aliphatic carboxylic acids is 1. The van der Waals surface area contributed by atoms with E-state index in [1.54, 1.807) is 14.2 Å². The molecule has 0 aliphatic heterocycles. The van der Waals surface area contributed by atoms with Crippen LogP contribution in [0.15, 0.2) is 4.99 Å². The summed E-state index contributed by atoms with van der Waals surface area (Å²) in [7, 11) is 3.25. The molecule has 0 aliphatic rings. The van der Waals surface area contributed by atoms with Crippen LogP contribution in [-0.4, -0.2) is 77.4 Å². The lowest BCUT2D eigenvalue weighted by molar-refractivity contribution is -0.144. The Morgan fingerprint density at radius 2 is 1.52 bits per heavy atom. The summed E-state index contributed by atoms with van der Waals surface area (Å²) in [6, 6.07) is 0. The Hall–Kier alpha value is -1.42. The van der Waals surface area contributed by atoms with Gasteiger partial charge in [0.2, 0.25) is 0 Å². The molecule has 2 atom stereocenters. The fraction of sp³-hybridized carbons (Fsp3) is 0.889. The minimum Gasteiger partial charge on any atom is -0.481 e. The molecule has 0 aliphatic carbocycles. The summed E-state index contributed by atoms with van der Waals surface area (Å²) < 4.78 is 20.9. The molecule has 0 fully saturated rings. The Labute approximate surface area is 162 Å². The third kappa shape index (κ3) is 15.3. The molecule has 0 amide bonds. The SMILES string of the molecule is COCCOCCCC(CCOCCOC)C(CCCN=C(N)N)C(=O)O. The first-order valence-electron chi connectivity index (χ1n) is 9.44. The van der Waals surface area contributed by atoms with E-state index in [1.807, 2.05) is 0 Å². The average Bonchev–Trinajstić information content (AvgIpc) is 2.62. The molecule has 0 heterocycles. The van der Waals surface area contributed by atoms with Crippen LogP contribution in [-0.2, 0) is 23.7 Å². The number of ether oxygens (including phenoxy) is 4. The van der Waals surface area contributed by atoms with Gasteiger partial charge in [0.05, 0.1) is 32.3 Å². The molecular weight excluding hydrogens is 354 g/mol. The van der Waals surface area contributed by atoms with Crippen LogP contribution in [0, 0.1) is 11.8 Å². The van der Waals surface area contributed by atoms with Crippen molar-refractivity contribution in [3.63, 3.8) is 0 Å². The molecule has 0 radical (unpaired) electrons. The zero-order valence-electron chi connectivity index (χ0n) is 16.7.